The van der Waals surface area contributed by atoms with Crippen molar-refractivity contribution in [2.75, 3.05) is 5.73 Å². The fourth-order valence-corrected chi connectivity index (χ4v) is 4.06. The average molecular weight is 439 g/mol. The Labute approximate surface area is 178 Å². The molecule has 4 aromatic heterocycles. The number of rotatable bonds is 2. The number of imidazole rings is 1. The van der Waals surface area contributed by atoms with Crippen molar-refractivity contribution >= 4 is 33.3 Å². The maximum absolute atomic E-state index is 13.4. The lowest BCUT2D eigenvalue weighted by Crippen LogP contribution is -2.19. The summed E-state index contributed by atoms with van der Waals surface area (Å²) in [5.41, 5.74) is 8.36. The lowest BCUT2D eigenvalue weighted by Gasteiger charge is -2.08. The number of nitrogens with one attached hydrogen (secondary N) is 2. The standard InChI is InChI=1S/C15H13FN2OS.C5H5N5O/c1-3-12-13(10-5-4-6-11(16)7-10)14(19)18-9(2)8-20-15(18)17-12;6-3-2-4(8-1-7-2)10-5(11)9-3/h4-8H,3H2,1-2H3;1H,(H4,6,7,8,9,10,11). The van der Waals surface area contributed by atoms with Crippen LogP contribution in [0.4, 0.5) is 10.2 Å². The molecule has 0 fully saturated rings. The molecule has 4 heterocycles. The van der Waals surface area contributed by atoms with Crippen molar-refractivity contribution in [3.05, 3.63) is 74.0 Å². The first-order chi connectivity index (χ1) is 14.9. The molecule has 0 saturated carbocycles. The fraction of sp³-hybridized carbons (Fsp3) is 0.150. The summed E-state index contributed by atoms with van der Waals surface area (Å²) in [6.07, 6.45) is 2.07. The van der Waals surface area contributed by atoms with Crippen LogP contribution in [0.15, 0.2) is 45.6 Å². The lowest BCUT2D eigenvalue weighted by atomic mass is 10.0. The number of aryl methyl sites for hydroxylation is 2. The number of aromatic nitrogens is 6. The normalized spacial score (nSPS) is 10.9. The molecule has 0 saturated heterocycles. The molecule has 0 amide bonds. The Morgan fingerprint density at radius 2 is 2.06 bits per heavy atom. The Morgan fingerprint density at radius 1 is 1.26 bits per heavy atom. The molecule has 1 aromatic carbocycles. The Bertz CT molecular complexity index is 1520. The zero-order chi connectivity index (χ0) is 22.1. The highest BCUT2D eigenvalue weighted by atomic mass is 32.1. The van der Waals surface area contributed by atoms with Crippen LogP contribution < -0.4 is 17.0 Å². The summed E-state index contributed by atoms with van der Waals surface area (Å²) in [5, 5.41) is 1.90. The summed E-state index contributed by atoms with van der Waals surface area (Å²) < 4.78 is 15.0. The van der Waals surface area contributed by atoms with Gasteiger partial charge in [-0.3, -0.25) is 14.2 Å². The first-order valence-corrected chi connectivity index (χ1v) is 10.2. The number of halogens is 1. The quantitative estimate of drug-likeness (QED) is 0.387. The zero-order valence-electron chi connectivity index (χ0n) is 16.6. The summed E-state index contributed by atoms with van der Waals surface area (Å²) in [5.74, 6) is -0.0893. The van der Waals surface area contributed by atoms with E-state index in [-0.39, 0.29) is 17.2 Å². The minimum atomic E-state index is -0.484. The average Bonchev–Trinajstić information content (AvgIpc) is 3.35. The topological polar surface area (TPSA) is 135 Å². The van der Waals surface area contributed by atoms with Gasteiger partial charge in [0.2, 0.25) is 0 Å². The van der Waals surface area contributed by atoms with Gasteiger partial charge in [0.15, 0.2) is 10.6 Å². The molecule has 11 heteroatoms. The summed E-state index contributed by atoms with van der Waals surface area (Å²) in [7, 11) is 0. The van der Waals surface area contributed by atoms with E-state index in [1.807, 2.05) is 19.2 Å². The van der Waals surface area contributed by atoms with E-state index in [1.165, 1.54) is 29.8 Å². The summed E-state index contributed by atoms with van der Waals surface area (Å²) >= 11 is 1.44. The van der Waals surface area contributed by atoms with Gasteiger partial charge in [0.1, 0.15) is 17.2 Å². The molecule has 0 aliphatic heterocycles. The third-order valence-corrected chi connectivity index (χ3v) is 5.54. The molecular weight excluding hydrogens is 421 g/mol. The molecule has 0 unspecified atom stereocenters. The number of aromatic amines is 2. The summed E-state index contributed by atoms with van der Waals surface area (Å²) in [6.45, 7) is 3.81. The van der Waals surface area contributed by atoms with Gasteiger partial charge in [-0.05, 0) is 31.0 Å². The number of H-pyrrole nitrogens is 2. The van der Waals surface area contributed by atoms with Gasteiger partial charge in [0.05, 0.1) is 17.6 Å². The molecule has 0 aliphatic carbocycles. The molecule has 9 nitrogen and oxygen atoms in total. The Kier molecular flexibility index (Phi) is 5.34. The van der Waals surface area contributed by atoms with Crippen LogP contribution >= 0.6 is 11.3 Å². The number of nitrogens with zero attached hydrogens (tertiary/aromatic N) is 4. The van der Waals surface area contributed by atoms with Crippen molar-refractivity contribution in [2.24, 2.45) is 0 Å². The Hall–Kier alpha value is -3.86. The van der Waals surface area contributed by atoms with Crippen molar-refractivity contribution in [1.29, 1.82) is 0 Å². The highest BCUT2D eigenvalue weighted by Gasteiger charge is 2.16. The van der Waals surface area contributed by atoms with E-state index in [2.05, 4.69) is 24.9 Å². The number of hydrogen-bond acceptors (Lipinski definition) is 7. The van der Waals surface area contributed by atoms with Crippen LogP contribution in [0, 0.1) is 12.7 Å². The molecule has 5 aromatic rings. The molecule has 0 radical (unpaired) electrons. The van der Waals surface area contributed by atoms with Gasteiger partial charge >= 0.3 is 5.69 Å². The number of nitrogens with two attached hydrogens (primary N) is 1. The number of nitrogen functional groups attached to an aromatic ring is 1. The molecule has 158 valence electrons. The molecule has 0 spiro atoms. The number of benzene rings is 1. The van der Waals surface area contributed by atoms with Gasteiger partial charge in [-0.1, -0.05) is 19.1 Å². The second-order valence-electron chi connectivity index (χ2n) is 6.65. The van der Waals surface area contributed by atoms with E-state index in [4.69, 9.17) is 5.73 Å². The highest BCUT2D eigenvalue weighted by Crippen LogP contribution is 2.23. The third kappa shape index (κ3) is 3.82. The SMILES string of the molecule is CCc1nc2scc(C)n2c(=O)c1-c1cccc(F)c1.Nc1[nH]c(=O)nc2nc[nH]c12. The van der Waals surface area contributed by atoms with E-state index >= 15 is 0 Å². The number of hydrogen-bond donors (Lipinski definition) is 3. The maximum atomic E-state index is 13.4. The van der Waals surface area contributed by atoms with E-state index in [0.29, 0.717) is 39.4 Å². The predicted octanol–water partition coefficient (Wildman–Crippen LogP) is 2.66. The van der Waals surface area contributed by atoms with Crippen molar-refractivity contribution < 1.29 is 4.39 Å². The van der Waals surface area contributed by atoms with Crippen molar-refractivity contribution in [1.82, 2.24) is 29.3 Å². The largest absolute Gasteiger partial charge is 0.383 e. The zero-order valence-corrected chi connectivity index (χ0v) is 17.5. The highest BCUT2D eigenvalue weighted by molar-refractivity contribution is 7.15. The van der Waals surface area contributed by atoms with Crippen molar-refractivity contribution in [3.8, 4) is 11.1 Å². The Morgan fingerprint density at radius 3 is 2.81 bits per heavy atom. The van der Waals surface area contributed by atoms with Gasteiger partial charge in [-0.15, -0.1) is 11.3 Å². The Balaban J connectivity index is 0.000000177. The van der Waals surface area contributed by atoms with Crippen LogP contribution in [-0.4, -0.2) is 29.3 Å². The molecule has 31 heavy (non-hydrogen) atoms. The molecule has 0 bridgehead atoms. The minimum absolute atomic E-state index is 0.129. The molecule has 5 rings (SSSR count). The second kappa shape index (κ2) is 8.11. The summed E-state index contributed by atoms with van der Waals surface area (Å²) in [4.78, 5) is 41.1. The van der Waals surface area contributed by atoms with E-state index in [0.717, 1.165) is 5.69 Å². The van der Waals surface area contributed by atoms with Crippen LogP contribution in [0.25, 0.3) is 27.3 Å². The van der Waals surface area contributed by atoms with E-state index < -0.39 is 5.69 Å². The van der Waals surface area contributed by atoms with E-state index in [9.17, 15) is 14.0 Å². The second-order valence-corrected chi connectivity index (χ2v) is 7.49. The van der Waals surface area contributed by atoms with E-state index in [1.54, 1.807) is 16.5 Å². The van der Waals surface area contributed by atoms with Crippen LogP contribution in [0.5, 0.6) is 0 Å². The van der Waals surface area contributed by atoms with Crippen LogP contribution in [0.3, 0.4) is 0 Å². The van der Waals surface area contributed by atoms with Crippen LogP contribution in [0.1, 0.15) is 18.3 Å². The van der Waals surface area contributed by atoms with Gasteiger partial charge in [0, 0.05) is 11.1 Å². The number of fused-ring (bicyclic) bond motifs is 2. The van der Waals surface area contributed by atoms with Crippen LogP contribution in [0.2, 0.25) is 0 Å². The van der Waals surface area contributed by atoms with Crippen molar-refractivity contribution in [2.45, 2.75) is 20.3 Å². The maximum Gasteiger partial charge on any atom is 0.348 e. The molecule has 4 N–H and O–H groups in total. The molecule has 0 aliphatic rings. The smallest absolute Gasteiger partial charge is 0.348 e. The monoisotopic (exact) mass is 439 g/mol. The van der Waals surface area contributed by atoms with Gasteiger partial charge in [-0.2, -0.15) is 4.98 Å². The van der Waals surface area contributed by atoms with Gasteiger partial charge in [0.25, 0.3) is 5.56 Å². The molecular formula is C20H18FN7O2S. The predicted molar refractivity (Wildman–Crippen MR) is 118 cm³/mol. The first-order valence-electron chi connectivity index (χ1n) is 9.33. The van der Waals surface area contributed by atoms with Crippen molar-refractivity contribution in [3.63, 3.8) is 0 Å². The third-order valence-electron chi connectivity index (χ3n) is 4.60. The minimum Gasteiger partial charge on any atom is -0.383 e. The number of thiazole rings is 1. The van der Waals surface area contributed by atoms with Crippen LogP contribution in [-0.2, 0) is 6.42 Å². The van der Waals surface area contributed by atoms with Gasteiger partial charge in [-0.25, -0.2) is 19.2 Å². The molecule has 0 atom stereocenters. The summed E-state index contributed by atoms with van der Waals surface area (Å²) in [6, 6.07) is 6.11. The lowest BCUT2D eigenvalue weighted by molar-refractivity contribution is 0.628. The fourth-order valence-electron chi connectivity index (χ4n) is 3.19. The first kappa shape index (κ1) is 20.4. The number of anilines is 1. The van der Waals surface area contributed by atoms with Gasteiger partial charge < -0.3 is 10.7 Å².